The van der Waals surface area contributed by atoms with Crippen molar-refractivity contribution in [1.29, 1.82) is 0 Å². The molecule has 2 saturated heterocycles. The van der Waals surface area contributed by atoms with Gasteiger partial charge in [0.15, 0.2) is 0 Å². The molecule has 2 aliphatic heterocycles. The zero-order chi connectivity index (χ0) is 17.8. The van der Waals surface area contributed by atoms with Crippen LogP contribution in [0, 0.1) is 5.41 Å². The molecule has 3 aliphatic rings. The molecule has 0 spiro atoms. The van der Waals surface area contributed by atoms with Crippen molar-refractivity contribution in [2.75, 3.05) is 39.3 Å². The third kappa shape index (κ3) is 4.32. The van der Waals surface area contributed by atoms with Crippen molar-refractivity contribution < 1.29 is 9.53 Å². The van der Waals surface area contributed by atoms with Crippen LogP contribution in [0.3, 0.4) is 0 Å². The Bertz CT molecular complexity index is 597. The predicted octanol–water partition coefficient (Wildman–Crippen LogP) is 3.12. The van der Waals surface area contributed by atoms with Crippen molar-refractivity contribution in [2.24, 2.45) is 5.41 Å². The molecule has 1 aromatic rings. The number of carbonyl (C=O) groups excluding carboxylic acids is 1. The molecule has 2 amide bonds. The lowest BCUT2D eigenvalue weighted by Crippen LogP contribution is -2.45. The number of likely N-dealkylation sites (tertiary alicyclic amines) is 2. The molecule has 1 atom stereocenters. The van der Waals surface area contributed by atoms with E-state index in [1.54, 1.807) is 0 Å². The highest BCUT2D eigenvalue weighted by atomic mass is 16.5. The summed E-state index contributed by atoms with van der Waals surface area (Å²) in [6, 6.07) is 10.6. The van der Waals surface area contributed by atoms with Crippen LogP contribution in [0.1, 0.15) is 38.5 Å². The van der Waals surface area contributed by atoms with Crippen LogP contribution < -0.4 is 10.1 Å². The second kappa shape index (κ2) is 7.87. The molecule has 1 aromatic carbocycles. The molecule has 3 fully saturated rings. The number of carbonyl (C=O) groups is 1. The lowest BCUT2D eigenvalue weighted by Gasteiger charge is -2.32. The Kier molecular flexibility index (Phi) is 5.34. The third-order valence-electron chi connectivity index (χ3n) is 6.22. The molecular formula is C21H31N3O2. The van der Waals surface area contributed by atoms with E-state index in [-0.39, 0.29) is 11.4 Å². The van der Waals surface area contributed by atoms with Gasteiger partial charge in [-0.05, 0) is 57.3 Å². The second-order valence-corrected chi connectivity index (χ2v) is 8.25. The maximum absolute atomic E-state index is 12.6. The quantitative estimate of drug-likeness (QED) is 0.851. The van der Waals surface area contributed by atoms with E-state index in [9.17, 15) is 4.79 Å². The first-order valence-corrected chi connectivity index (χ1v) is 10.2. The van der Waals surface area contributed by atoms with Crippen LogP contribution >= 0.6 is 0 Å². The average molecular weight is 357 g/mol. The summed E-state index contributed by atoms with van der Waals surface area (Å²) >= 11 is 0. The van der Waals surface area contributed by atoms with Gasteiger partial charge < -0.3 is 15.0 Å². The highest BCUT2D eigenvalue weighted by Gasteiger charge is 2.44. The second-order valence-electron chi connectivity index (χ2n) is 8.25. The first kappa shape index (κ1) is 17.7. The van der Waals surface area contributed by atoms with Crippen LogP contribution in [-0.2, 0) is 0 Å². The van der Waals surface area contributed by atoms with E-state index < -0.39 is 0 Å². The standard InChI is InChI=1S/C21H31N3O2/c25-20(24-14-9-18(15-24)23-12-5-2-6-13-23)22-16-21(10-11-21)17-26-19-7-3-1-4-8-19/h1,3-4,7-8,18H,2,5-6,9-17H2,(H,22,25)/t18-/m1/s1. The highest BCUT2D eigenvalue weighted by molar-refractivity contribution is 5.74. The Morgan fingerprint density at radius 3 is 2.62 bits per heavy atom. The lowest BCUT2D eigenvalue weighted by atomic mass is 10.1. The zero-order valence-corrected chi connectivity index (χ0v) is 15.7. The number of urea groups is 1. The number of para-hydroxylation sites is 1. The minimum Gasteiger partial charge on any atom is -0.493 e. The van der Waals surface area contributed by atoms with Gasteiger partial charge in [0, 0.05) is 31.1 Å². The molecular weight excluding hydrogens is 326 g/mol. The number of amides is 2. The van der Waals surface area contributed by atoms with Gasteiger partial charge in [0.1, 0.15) is 5.75 Å². The number of benzene rings is 1. The topological polar surface area (TPSA) is 44.8 Å². The summed E-state index contributed by atoms with van der Waals surface area (Å²) < 4.78 is 5.92. The van der Waals surface area contributed by atoms with E-state index in [4.69, 9.17) is 4.74 Å². The van der Waals surface area contributed by atoms with Gasteiger partial charge in [-0.25, -0.2) is 4.79 Å². The van der Waals surface area contributed by atoms with Crippen molar-refractivity contribution in [3.63, 3.8) is 0 Å². The van der Waals surface area contributed by atoms with Gasteiger partial charge in [0.05, 0.1) is 6.61 Å². The van der Waals surface area contributed by atoms with Crippen molar-refractivity contribution in [3.05, 3.63) is 30.3 Å². The molecule has 0 bridgehead atoms. The number of hydrogen-bond donors (Lipinski definition) is 1. The Labute approximate surface area is 156 Å². The number of nitrogens with one attached hydrogen (secondary N) is 1. The lowest BCUT2D eigenvalue weighted by molar-refractivity contribution is 0.160. The molecule has 142 valence electrons. The van der Waals surface area contributed by atoms with Crippen LogP contribution in [0.4, 0.5) is 4.79 Å². The van der Waals surface area contributed by atoms with Crippen molar-refractivity contribution in [2.45, 2.75) is 44.6 Å². The van der Waals surface area contributed by atoms with Gasteiger partial charge in [0.2, 0.25) is 0 Å². The molecule has 1 N–H and O–H groups in total. The smallest absolute Gasteiger partial charge is 0.317 e. The molecule has 0 radical (unpaired) electrons. The largest absolute Gasteiger partial charge is 0.493 e. The van der Waals surface area contributed by atoms with Crippen LogP contribution in [-0.4, -0.2) is 61.2 Å². The number of ether oxygens (including phenoxy) is 1. The van der Waals surface area contributed by atoms with Crippen LogP contribution in [0.25, 0.3) is 0 Å². The Hall–Kier alpha value is -1.75. The van der Waals surface area contributed by atoms with Gasteiger partial charge in [0.25, 0.3) is 0 Å². The Morgan fingerprint density at radius 2 is 1.88 bits per heavy atom. The van der Waals surface area contributed by atoms with Gasteiger partial charge in [-0.3, -0.25) is 4.90 Å². The van der Waals surface area contributed by atoms with Crippen LogP contribution in [0.15, 0.2) is 30.3 Å². The van der Waals surface area contributed by atoms with Crippen LogP contribution in [0.2, 0.25) is 0 Å². The maximum atomic E-state index is 12.6. The predicted molar refractivity (Wildman–Crippen MR) is 102 cm³/mol. The maximum Gasteiger partial charge on any atom is 0.317 e. The van der Waals surface area contributed by atoms with E-state index in [1.807, 2.05) is 35.2 Å². The molecule has 5 heteroatoms. The molecule has 26 heavy (non-hydrogen) atoms. The SMILES string of the molecule is O=C(NCC1(COc2ccccc2)CC1)N1CC[C@@H](N2CCCCC2)C1. The summed E-state index contributed by atoms with van der Waals surface area (Å²) in [5.74, 6) is 0.911. The fraction of sp³-hybridized carbons (Fsp3) is 0.667. The van der Waals surface area contributed by atoms with Gasteiger partial charge in [-0.2, -0.15) is 0 Å². The van der Waals surface area contributed by atoms with Crippen molar-refractivity contribution in [1.82, 2.24) is 15.1 Å². The number of piperidine rings is 1. The summed E-state index contributed by atoms with van der Waals surface area (Å²) in [6.07, 6.45) is 7.38. The minimum atomic E-state index is 0.107. The molecule has 2 heterocycles. The summed E-state index contributed by atoms with van der Waals surface area (Å²) in [6.45, 7) is 5.61. The minimum absolute atomic E-state index is 0.107. The first-order valence-electron chi connectivity index (χ1n) is 10.2. The molecule has 1 saturated carbocycles. The molecule has 0 aromatic heterocycles. The van der Waals surface area contributed by atoms with E-state index in [2.05, 4.69) is 10.2 Å². The number of nitrogens with zero attached hydrogens (tertiary/aromatic N) is 2. The summed E-state index contributed by atoms with van der Waals surface area (Å²) in [5.41, 5.74) is 0.136. The monoisotopic (exact) mass is 357 g/mol. The Balaban J connectivity index is 1.20. The molecule has 1 aliphatic carbocycles. The Morgan fingerprint density at radius 1 is 1.12 bits per heavy atom. The third-order valence-corrected chi connectivity index (χ3v) is 6.22. The molecule has 5 nitrogen and oxygen atoms in total. The normalized spacial score (nSPS) is 25.1. The summed E-state index contributed by atoms with van der Waals surface area (Å²) in [7, 11) is 0. The molecule has 4 rings (SSSR count). The van der Waals surface area contributed by atoms with Crippen molar-refractivity contribution >= 4 is 6.03 Å². The first-order chi connectivity index (χ1) is 12.7. The van der Waals surface area contributed by atoms with Gasteiger partial charge in [-0.1, -0.05) is 24.6 Å². The summed E-state index contributed by atoms with van der Waals surface area (Å²) in [4.78, 5) is 17.2. The van der Waals surface area contributed by atoms with Crippen molar-refractivity contribution in [3.8, 4) is 5.75 Å². The van der Waals surface area contributed by atoms with Crippen LogP contribution in [0.5, 0.6) is 5.75 Å². The van der Waals surface area contributed by atoms with E-state index in [0.29, 0.717) is 12.6 Å². The highest BCUT2D eigenvalue weighted by Crippen LogP contribution is 2.45. The average Bonchev–Trinajstić information content (AvgIpc) is 3.30. The van der Waals surface area contributed by atoms with E-state index in [1.165, 1.54) is 32.4 Å². The number of hydrogen-bond acceptors (Lipinski definition) is 3. The van der Waals surface area contributed by atoms with E-state index in [0.717, 1.165) is 44.6 Å². The van der Waals surface area contributed by atoms with Gasteiger partial charge in [-0.15, -0.1) is 0 Å². The zero-order valence-electron chi connectivity index (χ0n) is 15.7. The van der Waals surface area contributed by atoms with E-state index >= 15 is 0 Å². The number of rotatable bonds is 6. The fourth-order valence-electron chi connectivity index (χ4n) is 4.18. The van der Waals surface area contributed by atoms with Gasteiger partial charge >= 0.3 is 6.03 Å². The fourth-order valence-corrected chi connectivity index (χ4v) is 4.18. The molecule has 0 unspecified atom stereocenters. The summed E-state index contributed by atoms with van der Waals surface area (Å²) in [5, 5.41) is 3.18.